The van der Waals surface area contributed by atoms with E-state index in [1.807, 2.05) is 13.8 Å². The van der Waals surface area contributed by atoms with Crippen LogP contribution >= 0.6 is 0 Å². The van der Waals surface area contributed by atoms with E-state index in [0.717, 1.165) is 17.5 Å². The third kappa shape index (κ3) is 2.77. The van der Waals surface area contributed by atoms with Gasteiger partial charge in [0.1, 0.15) is 6.29 Å². The third-order valence-corrected chi connectivity index (χ3v) is 2.61. The van der Waals surface area contributed by atoms with Gasteiger partial charge in [-0.05, 0) is 32.0 Å². The molecule has 1 aromatic carbocycles. The first-order valence-corrected chi connectivity index (χ1v) is 5.58. The zero-order valence-electron chi connectivity index (χ0n) is 11.0. The number of carbonyl (C=O) groups excluding carboxylic acids is 2. The summed E-state index contributed by atoms with van der Waals surface area (Å²) < 4.78 is 4.79. The zero-order chi connectivity index (χ0) is 13.7. The average molecular weight is 247 g/mol. The van der Waals surface area contributed by atoms with Crippen molar-refractivity contribution in [1.82, 2.24) is 0 Å². The number of anilines is 1. The van der Waals surface area contributed by atoms with E-state index in [-0.39, 0.29) is 0 Å². The molecule has 0 bridgehead atoms. The molecule has 18 heavy (non-hydrogen) atoms. The first kappa shape index (κ1) is 14.0. The van der Waals surface area contributed by atoms with Gasteiger partial charge in [-0.2, -0.15) is 0 Å². The predicted molar refractivity (Wildman–Crippen MR) is 71.7 cm³/mol. The molecular weight excluding hydrogens is 230 g/mol. The van der Waals surface area contributed by atoms with Gasteiger partial charge in [-0.15, -0.1) is 0 Å². The Hall–Kier alpha value is -2.10. The minimum atomic E-state index is -0.408. The van der Waals surface area contributed by atoms with Crippen molar-refractivity contribution in [3.8, 4) is 0 Å². The van der Waals surface area contributed by atoms with Crippen LogP contribution < -0.4 is 5.32 Å². The molecule has 0 saturated heterocycles. The Labute approximate surface area is 107 Å². The van der Waals surface area contributed by atoms with Crippen molar-refractivity contribution in [2.24, 2.45) is 0 Å². The quantitative estimate of drug-likeness (QED) is 0.504. The Kier molecular flexibility index (Phi) is 4.66. The van der Waals surface area contributed by atoms with Gasteiger partial charge in [0.2, 0.25) is 0 Å². The van der Waals surface area contributed by atoms with E-state index in [4.69, 9.17) is 4.74 Å². The van der Waals surface area contributed by atoms with Gasteiger partial charge >= 0.3 is 5.97 Å². The molecule has 0 amide bonds. The van der Waals surface area contributed by atoms with Gasteiger partial charge < -0.3 is 10.1 Å². The first-order valence-electron chi connectivity index (χ1n) is 5.58. The van der Waals surface area contributed by atoms with Gasteiger partial charge in [-0.1, -0.05) is 5.57 Å². The summed E-state index contributed by atoms with van der Waals surface area (Å²) in [6.45, 7) is 3.67. The summed E-state index contributed by atoms with van der Waals surface area (Å²) in [6.07, 6.45) is 0.753. The molecule has 0 aliphatic rings. The van der Waals surface area contributed by atoms with Gasteiger partial charge in [0.25, 0.3) is 0 Å². The Morgan fingerprint density at radius 3 is 2.44 bits per heavy atom. The van der Waals surface area contributed by atoms with Crippen molar-refractivity contribution < 1.29 is 14.3 Å². The maximum atomic E-state index is 11.8. The number of ether oxygens (including phenoxy) is 1. The summed E-state index contributed by atoms with van der Waals surface area (Å²) in [5, 5.41) is 3.00. The standard InChI is InChI=1S/C14H17NO3/c1-9(2)13(14(17)18-4)11-7-10(8-16)5-6-12(11)15-3/h5-8,15H,1-4H3. The molecule has 4 heteroatoms. The van der Waals surface area contributed by atoms with E-state index < -0.39 is 5.97 Å². The molecule has 0 heterocycles. The molecule has 0 aromatic heterocycles. The van der Waals surface area contributed by atoms with Crippen LogP contribution in [0.15, 0.2) is 23.8 Å². The topological polar surface area (TPSA) is 55.4 Å². The van der Waals surface area contributed by atoms with Crippen LogP contribution in [0.3, 0.4) is 0 Å². The number of methoxy groups -OCH3 is 1. The zero-order valence-corrected chi connectivity index (χ0v) is 11.0. The molecule has 0 radical (unpaired) electrons. The highest BCUT2D eigenvalue weighted by Crippen LogP contribution is 2.28. The fraction of sp³-hybridized carbons (Fsp3) is 0.286. The number of rotatable bonds is 4. The molecule has 1 N–H and O–H groups in total. The molecule has 0 fully saturated rings. The summed E-state index contributed by atoms with van der Waals surface area (Å²) >= 11 is 0. The fourth-order valence-electron chi connectivity index (χ4n) is 1.75. The van der Waals surface area contributed by atoms with Crippen LogP contribution in [-0.4, -0.2) is 26.4 Å². The highest BCUT2D eigenvalue weighted by Gasteiger charge is 2.17. The summed E-state index contributed by atoms with van der Waals surface area (Å²) in [5.41, 5.74) is 3.29. The number of aldehydes is 1. The van der Waals surface area contributed by atoms with Crippen LogP contribution in [0.2, 0.25) is 0 Å². The molecule has 96 valence electrons. The minimum absolute atomic E-state index is 0.408. The van der Waals surface area contributed by atoms with E-state index in [9.17, 15) is 9.59 Å². The number of hydrogen-bond acceptors (Lipinski definition) is 4. The second-order valence-corrected chi connectivity index (χ2v) is 4.04. The third-order valence-electron chi connectivity index (χ3n) is 2.61. The monoisotopic (exact) mass is 247 g/mol. The number of carbonyl (C=O) groups is 2. The number of nitrogens with one attached hydrogen (secondary N) is 1. The molecular formula is C14H17NO3. The molecule has 0 spiro atoms. The Morgan fingerprint density at radius 1 is 1.33 bits per heavy atom. The average Bonchev–Trinajstić information content (AvgIpc) is 2.38. The van der Waals surface area contributed by atoms with Crippen LogP contribution in [0.1, 0.15) is 29.8 Å². The van der Waals surface area contributed by atoms with Crippen LogP contribution in [0, 0.1) is 0 Å². The van der Waals surface area contributed by atoms with Crippen LogP contribution in [0.4, 0.5) is 5.69 Å². The fourth-order valence-corrected chi connectivity index (χ4v) is 1.75. The number of benzene rings is 1. The van der Waals surface area contributed by atoms with Crippen molar-refractivity contribution in [1.29, 1.82) is 0 Å². The van der Waals surface area contributed by atoms with E-state index in [1.165, 1.54) is 7.11 Å². The lowest BCUT2D eigenvalue weighted by Crippen LogP contribution is -2.08. The molecule has 0 atom stereocenters. The molecule has 0 aliphatic carbocycles. The first-order chi connectivity index (χ1) is 8.54. The van der Waals surface area contributed by atoms with Crippen molar-refractivity contribution >= 4 is 23.5 Å². The van der Waals surface area contributed by atoms with Crippen LogP contribution in [0.5, 0.6) is 0 Å². The number of allylic oxidation sites excluding steroid dienone is 1. The van der Waals surface area contributed by atoms with Gasteiger partial charge in [0.05, 0.1) is 12.7 Å². The SMILES string of the molecule is CNc1ccc(C=O)cc1C(C(=O)OC)=C(C)C. The van der Waals surface area contributed by atoms with Crippen molar-refractivity contribution in [3.63, 3.8) is 0 Å². The Bertz CT molecular complexity index is 500. The lowest BCUT2D eigenvalue weighted by atomic mass is 9.97. The Morgan fingerprint density at radius 2 is 2.00 bits per heavy atom. The highest BCUT2D eigenvalue weighted by atomic mass is 16.5. The molecule has 1 rings (SSSR count). The van der Waals surface area contributed by atoms with Crippen LogP contribution in [-0.2, 0) is 9.53 Å². The van der Waals surface area contributed by atoms with Crippen molar-refractivity contribution in [3.05, 3.63) is 34.9 Å². The molecule has 1 aromatic rings. The molecule has 0 unspecified atom stereocenters. The Balaban J connectivity index is 3.49. The van der Waals surface area contributed by atoms with E-state index in [0.29, 0.717) is 16.7 Å². The number of hydrogen-bond donors (Lipinski definition) is 1. The molecule has 0 aliphatic heterocycles. The summed E-state index contributed by atoms with van der Waals surface area (Å²) in [4.78, 5) is 22.7. The van der Waals surface area contributed by atoms with E-state index in [1.54, 1.807) is 25.2 Å². The maximum Gasteiger partial charge on any atom is 0.338 e. The lowest BCUT2D eigenvalue weighted by Gasteiger charge is -2.13. The highest BCUT2D eigenvalue weighted by molar-refractivity contribution is 6.19. The summed E-state index contributed by atoms with van der Waals surface area (Å²) in [7, 11) is 3.10. The second-order valence-electron chi connectivity index (χ2n) is 4.04. The second kappa shape index (κ2) is 6.00. The largest absolute Gasteiger partial charge is 0.465 e. The van der Waals surface area contributed by atoms with E-state index in [2.05, 4.69) is 5.32 Å². The molecule has 0 saturated carbocycles. The lowest BCUT2D eigenvalue weighted by molar-refractivity contribution is -0.133. The van der Waals surface area contributed by atoms with Gasteiger partial charge in [0, 0.05) is 23.9 Å². The van der Waals surface area contributed by atoms with Crippen molar-refractivity contribution in [2.75, 3.05) is 19.5 Å². The minimum Gasteiger partial charge on any atom is -0.465 e. The number of esters is 1. The summed E-state index contributed by atoms with van der Waals surface area (Å²) in [5.74, 6) is -0.408. The smallest absolute Gasteiger partial charge is 0.338 e. The van der Waals surface area contributed by atoms with Crippen molar-refractivity contribution in [2.45, 2.75) is 13.8 Å². The molecule has 4 nitrogen and oxygen atoms in total. The maximum absolute atomic E-state index is 11.8. The normalized spacial score (nSPS) is 9.56. The summed E-state index contributed by atoms with van der Waals surface area (Å²) in [6, 6.07) is 5.14. The van der Waals surface area contributed by atoms with Gasteiger partial charge in [-0.3, -0.25) is 4.79 Å². The van der Waals surface area contributed by atoms with Crippen LogP contribution in [0.25, 0.3) is 5.57 Å². The van der Waals surface area contributed by atoms with Gasteiger partial charge in [0.15, 0.2) is 0 Å². The van der Waals surface area contributed by atoms with E-state index >= 15 is 0 Å². The predicted octanol–water partition coefficient (Wildman–Crippen LogP) is 2.51. The van der Waals surface area contributed by atoms with Gasteiger partial charge in [-0.25, -0.2) is 4.79 Å².